The Morgan fingerprint density at radius 2 is 1.88 bits per heavy atom. The molecule has 0 spiro atoms. The summed E-state index contributed by atoms with van der Waals surface area (Å²) in [5, 5.41) is 3.07. The largest absolute Gasteiger partial charge is 0.348 e. The molecule has 1 aliphatic carbocycles. The van der Waals surface area contributed by atoms with Gasteiger partial charge in [-0.05, 0) is 18.4 Å². The lowest BCUT2D eigenvalue weighted by Crippen LogP contribution is -2.39. The zero-order valence-electron chi connectivity index (χ0n) is 14.9. The van der Waals surface area contributed by atoms with Crippen molar-refractivity contribution >= 4 is 11.8 Å². The number of rotatable bonds is 4. The first-order valence-electron chi connectivity index (χ1n) is 9.42. The highest BCUT2D eigenvalue weighted by atomic mass is 16.2. The summed E-state index contributed by atoms with van der Waals surface area (Å²) in [6.07, 6.45) is 7.35. The molecule has 0 unspecified atom stereocenters. The van der Waals surface area contributed by atoms with Crippen LogP contribution in [0.1, 0.15) is 58.8 Å². The van der Waals surface area contributed by atoms with Gasteiger partial charge in [-0.1, -0.05) is 49.6 Å². The molecule has 4 rings (SSSR count). The summed E-state index contributed by atoms with van der Waals surface area (Å²) in [4.78, 5) is 31.4. The molecule has 0 atom stereocenters. The van der Waals surface area contributed by atoms with Crippen molar-refractivity contribution in [2.45, 2.75) is 51.2 Å². The third-order valence-corrected chi connectivity index (χ3v) is 5.26. The molecule has 26 heavy (non-hydrogen) atoms. The van der Waals surface area contributed by atoms with Gasteiger partial charge in [0.15, 0.2) is 5.82 Å². The van der Waals surface area contributed by atoms with Gasteiger partial charge in [0.2, 0.25) is 0 Å². The van der Waals surface area contributed by atoms with Crippen molar-refractivity contribution in [1.29, 1.82) is 0 Å². The maximum Gasteiger partial charge on any atom is 0.290 e. The Balaban J connectivity index is 1.45. The highest BCUT2D eigenvalue weighted by molar-refractivity contribution is 5.96. The molecule has 1 aromatic carbocycles. The van der Waals surface area contributed by atoms with Gasteiger partial charge in [0, 0.05) is 31.9 Å². The first kappa shape index (κ1) is 16.8. The molecule has 2 aliphatic rings. The van der Waals surface area contributed by atoms with Crippen LogP contribution in [0.25, 0.3) is 0 Å². The zero-order valence-corrected chi connectivity index (χ0v) is 14.9. The van der Waals surface area contributed by atoms with Gasteiger partial charge >= 0.3 is 0 Å². The number of benzene rings is 1. The van der Waals surface area contributed by atoms with Crippen LogP contribution in [0.5, 0.6) is 0 Å². The number of hydrogen-bond donors (Lipinski definition) is 1. The van der Waals surface area contributed by atoms with Crippen molar-refractivity contribution in [2.75, 3.05) is 6.54 Å². The highest BCUT2D eigenvalue weighted by Crippen LogP contribution is 2.19. The van der Waals surface area contributed by atoms with E-state index in [4.69, 9.17) is 0 Å². The number of aromatic nitrogens is 2. The molecule has 136 valence electrons. The van der Waals surface area contributed by atoms with E-state index in [0.29, 0.717) is 31.2 Å². The Labute approximate surface area is 153 Å². The summed E-state index contributed by atoms with van der Waals surface area (Å²) in [6, 6.07) is 10.2. The summed E-state index contributed by atoms with van der Waals surface area (Å²) < 4.78 is 1.81. The van der Waals surface area contributed by atoms with Crippen molar-refractivity contribution < 1.29 is 9.59 Å². The highest BCUT2D eigenvalue weighted by Gasteiger charge is 2.29. The number of nitrogens with zero attached hydrogens (tertiary/aromatic N) is 3. The van der Waals surface area contributed by atoms with E-state index in [1.807, 2.05) is 30.3 Å². The van der Waals surface area contributed by atoms with Gasteiger partial charge in [0.25, 0.3) is 11.8 Å². The molecule has 2 amide bonds. The van der Waals surface area contributed by atoms with Gasteiger partial charge in [-0.3, -0.25) is 9.59 Å². The predicted octanol–water partition coefficient (Wildman–Crippen LogP) is 2.60. The standard InChI is InChI=1S/C20H24N4O2/c25-19(21-16-9-5-2-6-10-16)17-14-23-11-12-24(20(26)18(23)22-17)13-15-7-3-1-4-8-15/h1,3-4,7-8,14,16H,2,5-6,9-13H2,(H,21,25). The minimum Gasteiger partial charge on any atom is -0.348 e. The third kappa shape index (κ3) is 3.49. The molecule has 1 fully saturated rings. The lowest BCUT2D eigenvalue weighted by molar-refractivity contribution is 0.0683. The number of carbonyl (C=O) groups excluding carboxylic acids is 2. The van der Waals surface area contributed by atoms with Crippen molar-refractivity contribution in [3.63, 3.8) is 0 Å². The van der Waals surface area contributed by atoms with Crippen LogP contribution in [-0.2, 0) is 13.1 Å². The van der Waals surface area contributed by atoms with E-state index in [-0.39, 0.29) is 17.9 Å². The summed E-state index contributed by atoms with van der Waals surface area (Å²) >= 11 is 0. The Kier molecular flexibility index (Phi) is 4.73. The van der Waals surface area contributed by atoms with Crippen molar-refractivity contribution in [3.05, 3.63) is 53.6 Å². The average Bonchev–Trinajstić information content (AvgIpc) is 3.11. The third-order valence-electron chi connectivity index (χ3n) is 5.26. The molecular formula is C20H24N4O2. The summed E-state index contributed by atoms with van der Waals surface area (Å²) in [5.41, 5.74) is 1.44. The van der Waals surface area contributed by atoms with Crippen molar-refractivity contribution in [2.24, 2.45) is 0 Å². The minimum atomic E-state index is -0.166. The molecule has 6 nitrogen and oxygen atoms in total. The number of carbonyl (C=O) groups is 2. The molecule has 6 heteroatoms. The van der Waals surface area contributed by atoms with Gasteiger partial charge in [-0.25, -0.2) is 4.98 Å². The average molecular weight is 352 g/mol. The van der Waals surface area contributed by atoms with Crippen LogP contribution in [-0.4, -0.2) is 38.9 Å². The van der Waals surface area contributed by atoms with E-state index in [0.717, 1.165) is 31.2 Å². The van der Waals surface area contributed by atoms with Crippen LogP contribution in [0.4, 0.5) is 0 Å². The fraction of sp³-hybridized carbons (Fsp3) is 0.450. The molecule has 2 aromatic rings. The molecule has 1 aliphatic heterocycles. The maximum atomic E-state index is 12.8. The topological polar surface area (TPSA) is 67.2 Å². The quantitative estimate of drug-likeness (QED) is 0.920. The second kappa shape index (κ2) is 7.32. The van der Waals surface area contributed by atoms with Crippen LogP contribution >= 0.6 is 0 Å². The number of imidazole rings is 1. The van der Waals surface area contributed by atoms with Gasteiger partial charge in [-0.15, -0.1) is 0 Å². The normalized spacial score (nSPS) is 17.8. The molecule has 0 radical (unpaired) electrons. The van der Waals surface area contributed by atoms with Crippen molar-refractivity contribution in [1.82, 2.24) is 19.8 Å². The van der Waals surface area contributed by atoms with Crippen LogP contribution in [0, 0.1) is 0 Å². The molecule has 2 heterocycles. The Hall–Kier alpha value is -2.63. The summed E-state index contributed by atoms with van der Waals surface area (Å²) in [7, 11) is 0. The van der Waals surface area contributed by atoms with E-state index in [1.165, 1.54) is 6.42 Å². The molecular weight excluding hydrogens is 328 g/mol. The van der Waals surface area contributed by atoms with E-state index < -0.39 is 0 Å². The smallest absolute Gasteiger partial charge is 0.290 e. The van der Waals surface area contributed by atoms with Crippen LogP contribution in [0.3, 0.4) is 0 Å². The van der Waals surface area contributed by atoms with Crippen LogP contribution in [0.2, 0.25) is 0 Å². The second-order valence-electron chi connectivity index (χ2n) is 7.16. The SMILES string of the molecule is O=C(NC1CCCCC1)c1cn2c(n1)C(=O)N(Cc1ccccc1)CC2. The minimum absolute atomic E-state index is 0.114. The fourth-order valence-corrected chi connectivity index (χ4v) is 3.80. The Morgan fingerprint density at radius 1 is 1.12 bits per heavy atom. The van der Waals surface area contributed by atoms with Crippen molar-refractivity contribution in [3.8, 4) is 0 Å². The first-order valence-corrected chi connectivity index (χ1v) is 9.42. The monoisotopic (exact) mass is 352 g/mol. The Bertz CT molecular complexity index is 793. The molecule has 1 saturated carbocycles. The van der Waals surface area contributed by atoms with Crippen LogP contribution in [0.15, 0.2) is 36.5 Å². The molecule has 1 aromatic heterocycles. The maximum absolute atomic E-state index is 12.8. The van der Waals surface area contributed by atoms with Gasteiger partial charge in [-0.2, -0.15) is 0 Å². The lowest BCUT2D eigenvalue weighted by Gasteiger charge is -2.27. The predicted molar refractivity (Wildman–Crippen MR) is 97.7 cm³/mol. The summed E-state index contributed by atoms with van der Waals surface area (Å²) in [6.45, 7) is 1.86. The second-order valence-corrected chi connectivity index (χ2v) is 7.16. The zero-order chi connectivity index (χ0) is 17.9. The van der Waals surface area contributed by atoms with E-state index in [1.54, 1.807) is 15.7 Å². The number of hydrogen-bond acceptors (Lipinski definition) is 3. The van der Waals surface area contributed by atoms with E-state index in [2.05, 4.69) is 10.3 Å². The number of nitrogens with one attached hydrogen (secondary N) is 1. The molecule has 0 saturated heterocycles. The summed E-state index contributed by atoms with van der Waals surface area (Å²) in [5.74, 6) is 0.0824. The van der Waals surface area contributed by atoms with Crippen LogP contribution < -0.4 is 5.32 Å². The Morgan fingerprint density at radius 3 is 2.65 bits per heavy atom. The van der Waals surface area contributed by atoms with Gasteiger partial charge in [0.05, 0.1) is 0 Å². The van der Waals surface area contributed by atoms with Gasteiger partial charge < -0.3 is 14.8 Å². The first-order chi connectivity index (χ1) is 12.7. The number of amides is 2. The van der Waals surface area contributed by atoms with E-state index in [9.17, 15) is 9.59 Å². The fourth-order valence-electron chi connectivity index (χ4n) is 3.80. The van der Waals surface area contributed by atoms with Gasteiger partial charge in [0.1, 0.15) is 5.69 Å². The number of fused-ring (bicyclic) bond motifs is 1. The molecule has 0 bridgehead atoms. The van der Waals surface area contributed by atoms with E-state index >= 15 is 0 Å². The molecule has 1 N–H and O–H groups in total. The lowest BCUT2D eigenvalue weighted by atomic mass is 9.95.